The molecule has 0 unspecified atom stereocenters. The van der Waals surface area contributed by atoms with Gasteiger partial charge in [0, 0.05) is 22.3 Å². The topological polar surface area (TPSA) is 75.3 Å². The number of halogens is 1. The van der Waals surface area contributed by atoms with E-state index in [1.807, 2.05) is 30.3 Å². The lowest BCUT2D eigenvalue weighted by Crippen LogP contribution is -2.26. The van der Waals surface area contributed by atoms with Crippen molar-refractivity contribution in [2.45, 2.75) is 11.3 Å². The van der Waals surface area contributed by atoms with E-state index in [1.165, 1.54) is 12.1 Å². The Morgan fingerprint density at radius 2 is 1.61 bits per heavy atom. The Kier molecular flexibility index (Phi) is 6.49. The molecular formula is C21H19BrN2O3S. The molecular weight excluding hydrogens is 440 g/mol. The molecule has 0 saturated carbocycles. The zero-order valence-corrected chi connectivity index (χ0v) is 17.3. The van der Waals surface area contributed by atoms with Crippen molar-refractivity contribution >= 4 is 37.5 Å². The largest absolute Gasteiger partial charge is 0.352 e. The third kappa shape index (κ3) is 5.43. The minimum absolute atomic E-state index is 0.0335. The van der Waals surface area contributed by atoms with Gasteiger partial charge in [-0.15, -0.1) is 0 Å². The molecule has 0 spiro atoms. The van der Waals surface area contributed by atoms with Crippen molar-refractivity contribution in [2.24, 2.45) is 0 Å². The van der Waals surface area contributed by atoms with Gasteiger partial charge in [-0.3, -0.25) is 9.52 Å². The molecule has 3 aromatic rings. The van der Waals surface area contributed by atoms with Crippen molar-refractivity contribution in [1.82, 2.24) is 5.32 Å². The number of sulfonamides is 1. The van der Waals surface area contributed by atoms with Gasteiger partial charge < -0.3 is 5.32 Å². The molecule has 28 heavy (non-hydrogen) atoms. The fourth-order valence-electron chi connectivity index (χ4n) is 2.60. The van der Waals surface area contributed by atoms with Crippen LogP contribution >= 0.6 is 15.9 Å². The monoisotopic (exact) mass is 458 g/mol. The molecule has 0 heterocycles. The summed E-state index contributed by atoms with van der Waals surface area (Å²) in [5.74, 6) is -0.309. The Morgan fingerprint density at radius 1 is 0.893 bits per heavy atom. The van der Waals surface area contributed by atoms with Gasteiger partial charge in [-0.05, 0) is 54.4 Å². The first-order chi connectivity index (χ1) is 13.4. The summed E-state index contributed by atoms with van der Waals surface area (Å²) in [4.78, 5) is 12.4. The standard InChI is InChI=1S/C21H19BrN2O3S/c22-18-9-11-19(12-10-18)24-28(26,27)20-8-4-7-17(15-20)21(25)23-14-13-16-5-2-1-3-6-16/h1-12,15,24H,13-14H2,(H,23,25). The fraction of sp³-hybridized carbons (Fsp3) is 0.0952. The maximum absolute atomic E-state index is 12.6. The predicted octanol–water partition coefficient (Wildman–Crippen LogP) is 4.22. The van der Waals surface area contributed by atoms with E-state index in [2.05, 4.69) is 26.0 Å². The van der Waals surface area contributed by atoms with Crippen LogP contribution < -0.4 is 10.0 Å². The second-order valence-electron chi connectivity index (χ2n) is 6.13. The van der Waals surface area contributed by atoms with E-state index in [4.69, 9.17) is 0 Å². The molecule has 0 saturated heterocycles. The van der Waals surface area contributed by atoms with Gasteiger partial charge >= 0.3 is 0 Å². The van der Waals surface area contributed by atoms with Gasteiger partial charge in [-0.2, -0.15) is 0 Å². The maximum Gasteiger partial charge on any atom is 0.261 e. The van der Waals surface area contributed by atoms with E-state index >= 15 is 0 Å². The summed E-state index contributed by atoms with van der Waals surface area (Å²) in [5.41, 5.74) is 1.87. The Morgan fingerprint density at radius 3 is 2.32 bits per heavy atom. The van der Waals surface area contributed by atoms with Gasteiger partial charge in [-0.1, -0.05) is 52.3 Å². The van der Waals surface area contributed by atoms with E-state index in [0.717, 1.165) is 10.0 Å². The van der Waals surface area contributed by atoms with Crippen molar-refractivity contribution < 1.29 is 13.2 Å². The van der Waals surface area contributed by atoms with E-state index < -0.39 is 10.0 Å². The average Bonchev–Trinajstić information content (AvgIpc) is 2.70. The lowest BCUT2D eigenvalue weighted by atomic mass is 10.1. The molecule has 0 aromatic heterocycles. The van der Waals surface area contributed by atoms with Crippen LogP contribution in [0.25, 0.3) is 0 Å². The van der Waals surface area contributed by atoms with Crippen LogP contribution in [0.5, 0.6) is 0 Å². The van der Waals surface area contributed by atoms with Crippen molar-refractivity contribution in [2.75, 3.05) is 11.3 Å². The summed E-state index contributed by atoms with van der Waals surface area (Å²) < 4.78 is 28.6. The Hall–Kier alpha value is -2.64. The molecule has 3 rings (SSSR count). The molecule has 0 aliphatic carbocycles. The highest BCUT2D eigenvalue weighted by Gasteiger charge is 2.16. The van der Waals surface area contributed by atoms with Crippen LogP contribution in [0.4, 0.5) is 5.69 Å². The SMILES string of the molecule is O=C(NCCc1ccccc1)c1cccc(S(=O)(=O)Nc2ccc(Br)cc2)c1. The molecule has 0 atom stereocenters. The fourth-order valence-corrected chi connectivity index (χ4v) is 3.97. The number of anilines is 1. The Labute approximate surface area is 173 Å². The highest BCUT2D eigenvalue weighted by Crippen LogP contribution is 2.19. The maximum atomic E-state index is 12.6. The number of rotatable bonds is 7. The first-order valence-electron chi connectivity index (χ1n) is 8.65. The van der Waals surface area contributed by atoms with Gasteiger partial charge in [0.1, 0.15) is 0 Å². The molecule has 3 aromatic carbocycles. The Balaban J connectivity index is 1.66. The first-order valence-corrected chi connectivity index (χ1v) is 10.9. The summed E-state index contributed by atoms with van der Waals surface area (Å²) in [5, 5.41) is 2.82. The molecule has 0 bridgehead atoms. The lowest BCUT2D eigenvalue weighted by Gasteiger charge is -2.10. The van der Waals surface area contributed by atoms with Crippen LogP contribution in [-0.4, -0.2) is 20.9 Å². The molecule has 0 radical (unpaired) electrons. The summed E-state index contributed by atoms with van der Waals surface area (Å²) >= 11 is 3.31. The quantitative estimate of drug-likeness (QED) is 0.556. The normalized spacial score (nSPS) is 11.0. The van der Waals surface area contributed by atoms with Crippen LogP contribution in [-0.2, 0) is 16.4 Å². The molecule has 1 amide bonds. The molecule has 7 heteroatoms. The van der Waals surface area contributed by atoms with Gasteiger partial charge in [-0.25, -0.2) is 8.42 Å². The van der Waals surface area contributed by atoms with Crippen LogP contribution in [0.1, 0.15) is 15.9 Å². The number of hydrogen-bond acceptors (Lipinski definition) is 3. The molecule has 0 aliphatic rings. The summed E-state index contributed by atoms with van der Waals surface area (Å²) in [6.07, 6.45) is 0.704. The number of carbonyl (C=O) groups is 1. The van der Waals surface area contributed by atoms with E-state index in [0.29, 0.717) is 24.2 Å². The van der Waals surface area contributed by atoms with E-state index in [9.17, 15) is 13.2 Å². The highest BCUT2D eigenvalue weighted by molar-refractivity contribution is 9.10. The van der Waals surface area contributed by atoms with Crippen molar-refractivity contribution in [3.8, 4) is 0 Å². The number of nitrogens with one attached hydrogen (secondary N) is 2. The third-order valence-corrected chi connectivity index (χ3v) is 5.95. The molecule has 2 N–H and O–H groups in total. The lowest BCUT2D eigenvalue weighted by molar-refractivity contribution is 0.0954. The average molecular weight is 459 g/mol. The minimum Gasteiger partial charge on any atom is -0.352 e. The van der Waals surface area contributed by atoms with Crippen molar-refractivity contribution in [3.05, 3.63) is 94.5 Å². The number of carbonyl (C=O) groups excluding carboxylic acids is 1. The third-order valence-electron chi connectivity index (χ3n) is 4.05. The van der Waals surface area contributed by atoms with Crippen molar-refractivity contribution in [3.63, 3.8) is 0 Å². The molecule has 5 nitrogen and oxygen atoms in total. The zero-order chi connectivity index (χ0) is 20.0. The van der Waals surface area contributed by atoms with E-state index in [1.54, 1.807) is 36.4 Å². The Bertz CT molecular complexity index is 1050. The predicted molar refractivity (Wildman–Crippen MR) is 114 cm³/mol. The number of benzene rings is 3. The molecule has 0 fully saturated rings. The smallest absolute Gasteiger partial charge is 0.261 e. The minimum atomic E-state index is -3.79. The first kappa shape index (κ1) is 20.1. The zero-order valence-electron chi connectivity index (χ0n) is 14.9. The van der Waals surface area contributed by atoms with Gasteiger partial charge in [0.25, 0.3) is 15.9 Å². The van der Waals surface area contributed by atoms with Gasteiger partial charge in [0.15, 0.2) is 0 Å². The highest BCUT2D eigenvalue weighted by atomic mass is 79.9. The van der Waals surface area contributed by atoms with Crippen molar-refractivity contribution in [1.29, 1.82) is 0 Å². The number of amides is 1. The van der Waals surface area contributed by atoms with Crippen LogP contribution in [0, 0.1) is 0 Å². The summed E-state index contributed by atoms with van der Waals surface area (Å²) in [7, 11) is -3.79. The second kappa shape index (κ2) is 9.03. The van der Waals surface area contributed by atoms with Gasteiger partial charge in [0.05, 0.1) is 4.90 Å². The summed E-state index contributed by atoms with van der Waals surface area (Å²) in [6.45, 7) is 0.469. The van der Waals surface area contributed by atoms with Crippen LogP contribution in [0.15, 0.2) is 88.2 Å². The summed E-state index contributed by atoms with van der Waals surface area (Å²) in [6, 6.07) is 22.6. The molecule has 144 valence electrons. The van der Waals surface area contributed by atoms with Gasteiger partial charge in [0.2, 0.25) is 0 Å². The second-order valence-corrected chi connectivity index (χ2v) is 8.73. The number of hydrogen-bond donors (Lipinski definition) is 2. The van der Waals surface area contributed by atoms with Crippen LogP contribution in [0.3, 0.4) is 0 Å². The van der Waals surface area contributed by atoms with E-state index in [-0.39, 0.29) is 10.8 Å². The molecule has 0 aliphatic heterocycles. The van der Waals surface area contributed by atoms with Crippen LogP contribution in [0.2, 0.25) is 0 Å².